The normalized spacial score (nSPS) is 10.9. The Morgan fingerprint density at radius 3 is 2.94 bits per heavy atom. The summed E-state index contributed by atoms with van der Waals surface area (Å²) in [5.74, 6) is 0.943. The maximum absolute atomic E-state index is 10.8. The Balaban J connectivity index is 2.29. The van der Waals surface area contributed by atoms with Gasteiger partial charge in [0.15, 0.2) is 5.82 Å². The summed E-state index contributed by atoms with van der Waals surface area (Å²) in [4.78, 5) is 16.5. The molecule has 17 heavy (non-hydrogen) atoms. The molecule has 0 saturated carbocycles. The molecule has 1 aromatic carbocycles. The predicted molar refractivity (Wildman–Crippen MR) is 69.4 cm³/mol. The van der Waals surface area contributed by atoms with E-state index in [0.29, 0.717) is 5.56 Å². The second-order valence-electron chi connectivity index (χ2n) is 3.84. The molecule has 3 aromatic rings. The van der Waals surface area contributed by atoms with Crippen LogP contribution in [0.3, 0.4) is 0 Å². The number of thiophene rings is 1. The van der Waals surface area contributed by atoms with Crippen molar-refractivity contribution in [3.63, 3.8) is 0 Å². The van der Waals surface area contributed by atoms with Crippen molar-refractivity contribution in [2.45, 2.75) is 0 Å². The van der Waals surface area contributed by atoms with Gasteiger partial charge in [-0.25, -0.2) is 4.98 Å². The highest BCUT2D eigenvalue weighted by atomic mass is 32.1. The van der Waals surface area contributed by atoms with Crippen LogP contribution in [0, 0.1) is 0 Å². The molecule has 3 rings (SSSR count). The molecule has 0 saturated heterocycles. The van der Waals surface area contributed by atoms with E-state index in [1.54, 1.807) is 17.4 Å². The van der Waals surface area contributed by atoms with Crippen molar-refractivity contribution in [2.75, 3.05) is 0 Å². The van der Waals surface area contributed by atoms with Crippen LogP contribution in [0.2, 0.25) is 0 Å². The van der Waals surface area contributed by atoms with Crippen molar-refractivity contribution in [1.29, 1.82) is 0 Å². The van der Waals surface area contributed by atoms with Crippen LogP contribution in [0.5, 0.6) is 0 Å². The molecule has 0 aliphatic rings. The fraction of sp³-hybridized carbons (Fsp3) is 0.0769. The average molecular weight is 242 g/mol. The molecule has 3 nitrogen and oxygen atoms in total. The van der Waals surface area contributed by atoms with E-state index in [1.165, 1.54) is 0 Å². The van der Waals surface area contributed by atoms with Gasteiger partial charge in [0.1, 0.15) is 6.29 Å². The Kier molecular flexibility index (Phi) is 2.30. The third-order valence-corrected chi connectivity index (χ3v) is 3.65. The van der Waals surface area contributed by atoms with Gasteiger partial charge in [0.2, 0.25) is 0 Å². The molecular weight excluding hydrogens is 232 g/mol. The van der Waals surface area contributed by atoms with Crippen molar-refractivity contribution in [3.8, 4) is 10.7 Å². The molecule has 0 aliphatic heterocycles. The van der Waals surface area contributed by atoms with E-state index in [-0.39, 0.29) is 0 Å². The van der Waals surface area contributed by atoms with E-state index >= 15 is 0 Å². The molecule has 0 atom stereocenters. The minimum absolute atomic E-state index is 0.679. The Hall–Kier alpha value is -1.94. The van der Waals surface area contributed by atoms with Crippen molar-refractivity contribution >= 4 is 28.7 Å². The molecule has 0 fully saturated rings. The molecule has 0 bridgehead atoms. The summed E-state index contributed by atoms with van der Waals surface area (Å²) >= 11 is 1.66. The smallest absolute Gasteiger partial charge is 0.150 e. The summed E-state index contributed by atoms with van der Waals surface area (Å²) in [6.45, 7) is 0. The molecule has 0 N–H and O–H groups in total. The van der Waals surface area contributed by atoms with E-state index in [4.69, 9.17) is 0 Å². The number of hydrogen-bond donors (Lipinski definition) is 0. The Labute approximate surface area is 102 Å². The van der Waals surface area contributed by atoms with Crippen LogP contribution in [0.1, 0.15) is 10.4 Å². The lowest BCUT2D eigenvalue weighted by Gasteiger charge is -1.99. The number of nitrogens with zero attached hydrogens (tertiary/aromatic N) is 2. The summed E-state index contributed by atoms with van der Waals surface area (Å²) in [5, 5.41) is 2.03. The highest BCUT2D eigenvalue weighted by Gasteiger charge is 2.10. The maximum Gasteiger partial charge on any atom is 0.150 e. The van der Waals surface area contributed by atoms with Gasteiger partial charge in [-0.15, -0.1) is 11.3 Å². The van der Waals surface area contributed by atoms with Crippen molar-refractivity contribution in [2.24, 2.45) is 7.05 Å². The van der Waals surface area contributed by atoms with Crippen LogP contribution in [-0.2, 0) is 7.05 Å². The largest absolute Gasteiger partial charge is 0.326 e. The molecule has 0 aliphatic carbocycles. The Bertz CT molecular complexity index is 683. The zero-order chi connectivity index (χ0) is 11.8. The van der Waals surface area contributed by atoms with Gasteiger partial charge in [0.25, 0.3) is 0 Å². The minimum Gasteiger partial charge on any atom is -0.326 e. The van der Waals surface area contributed by atoms with Gasteiger partial charge in [-0.3, -0.25) is 4.79 Å². The molecule has 0 unspecified atom stereocenters. The Morgan fingerprint density at radius 1 is 1.35 bits per heavy atom. The number of fused-ring (bicyclic) bond motifs is 1. The molecule has 4 heteroatoms. The number of aryl methyl sites for hydroxylation is 1. The third kappa shape index (κ3) is 1.57. The summed E-state index contributed by atoms with van der Waals surface area (Å²) in [6, 6.07) is 9.60. The fourth-order valence-corrected chi connectivity index (χ4v) is 2.66. The van der Waals surface area contributed by atoms with Crippen LogP contribution in [-0.4, -0.2) is 15.8 Å². The molecular formula is C13H10N2OS. The summed E-state index contributed by atoms with van der Waals surface area (Å²) in [6.07, 6.45) is 0.858. The van der Waals surface area contributed by atoms with Crippen LogP contribution in [0.4, 0.5) is 0 Å². The summed E-state index contributed by atoms with van der Waals surface area (Å²) < 4.78 is 2.02. The van der Waals surface area contributed by atoms with Gasteiger partial charge in [-0.05, 0) is 29.6 Å². The molecule has 0 amide bonds. The van der Waals surface area contributed by atoms with Crippen LogP contribution in [0.25, 0.3) is 21.7 Å². The first-order valence-corrected chi connectivity index (χ1v) is 6.13. The van der Waals surface area contributed by atoms with E-state index in [0.717, 1.165) is 28.0 Å². The number of hydrogen-bond acceptors (Lipinski definition) is 3. The number of imidazole rings is 1. The molecule has 84 valence electrons. The lowest BCUT2D eigenvalue weighted by Crippen LogP contribution is -1.91. The predicted octanol–water partition coefficient (Wildman–Crippen LogP) is 3.11. The van der Waals surface area contributed by atoms with Gasteiger partial charge in [0.05, 0.1) is 15.9 Å². The molecule has 0 spiro atoms. The fourth-order valence-electron chi connectivity index (χ4n) is 1.91. The van der Waals surface area contributed by atoms with Gasteiger partial charge < -0.3 is 4.57 Å². The number of carbonyl (C=O) groups excluding carboxylic acids is 1. The SMILES string of the molecule is Cn1c(-c2cccs2)nc2ccc(C=O)cc21. The lowest BCUT2D eigenvalue weighted by molar-refractivity contribution is 0.112. The summed E-state index contributed by atoms with van der Waals surface area (Å²) in [7, 11) is 1.97. The van der Waals surface area contributed by atoms with E-state index in [2.05, 4.69) is 4.98 Å². The van der Waals surface area contributed by atoms with Gasteiger partial charge in [0, 0.05) is 12.6 Å². The first-order valence-electron chi connectivity index (χ1n) is 5.25. The van der Waals surface area contributed by atoms with Crippen molar-refractivity contribution in [1.82, 2.24) is 9.55 Å². The summed E-state index contributed by atoms with van der Waals surface area (Å²) in [5.41, 5.74) is 2.58. The highest BCUT2D eigenvalue weighted by molar-refractivity contribution is 7.13. The van der Waals surface area contributed by atoms with Crippen molar-refractivity contribution < 1.29 is 4.79 Å². The van der Waals surface area contributed by atoms with Gasteiger partial charge in [-0.1, -0.05) is 6.07 Å². The van der Waals surface area contributed by atoms with E-state index in [1.807, 2.05) is 41.3 Å². The minimum atomic E-state index is 0.679. The topological polar surface area (TPSA) is 34.9 Å². The van der Waals surface area contributed by atoms with Crippen LogP contribution >= 0.6 is 11.3 Å². The second-order valence-corrected chi connectivity index (χ2v) is 4.79. The Morgan fingerprint density at radius 2 is 2.24 bits per heavy atom. The van der Waals surface area contributed by atoms with E-state index < -0.39 is 0 Å². The zero-order valence-corrected chi connectivity index (χ0v) is 10.1. The van der Waals surface area contributed by atoms with Gasteiger partial charge >= 0.3 is 0 Å². The number of benzene rings is 1. The molecule has 2 heterocycles. The second kappa shape index (κ2) is 3.82. The van der Waals surface area contributed by atoms with Crippen LogP contribution in [0.15, 0.2) is 35.7 Å². The first kappa shape index (κ1) is 10.2. The van der Waals surface area contributed by atoms with Gasteiger partial charge in [-0.2, -0.15) is 0 Å². The molecule has 2 aromatic heterocycles. The molecule has 0 radical (unpaired) electrons. The van der Waals surface area contributed by atoms with Crippen LogP contribution < -0.4 is 0 Å². The number of rotatable bonds is 2. The average Bonchev–Trinajstić information content (AvgIpc) is 2.97. The monoisotopic (exact) mass is 242 g/mol. The van der Waals surface area contributed by atoms with E-state index in [9.17, 15) is 4.79 Å². The van der Waals surface area contributed by atoms with Crippen molar-refractivity contribution in [3.05, 3.63) is 41.3 Å². The number of aromatic nitrogens is 2. The standard InChI is InChI=1S/C13H10N2OS/c1-15-11-7-9(8-16)4-5-10(11)14-13(15)12-3-2-6-17-12/h2-8H,1H3. The maximum atomic E-state index is 10.8. The third-order valence-electron chi connectivity index (χ3n) is 2.78. The number of aldehydes is 1. The first-order chi connectivity index (χ1) is 8.29. The lowest BCUT2D eigenvalue weighted by atomic mass is 10.2. The quantitative estimate of drug-likeness (QED) is 0.647. The number of carbonyl (C=O) groups is 1. The highest BCUT2D eigenvalue weighted by Crippen LogP contribution is 2.27. The zero-order valence-electron chi connectivity index (χ0n) is 9.25.